The van der Waals surface area contributed by atoms with Gasteiger partial charge in [-0.2, -0.15) is 18.3 Å². The van der Waals surface area contributed by atoms with Gasteiger partial charge in [0.05, 0.1) is 23.4 Å². The fraction of sp³-hybridized carbons (Fsp3) is 0.417. The molecule has 35 heavy (non-hydrogen) atoms. The van der Waals surface area contributed by atoms with Crippen LogP contribution in [0.5, 0.6) is 11.8 Å². The van der Waals surface area contributed by atoms with E-state index in [2.05, 4.69) is 20.0 Å². The molecule has 5 rings (SSSR count). The van der Waals surface area contributed by atoms with Crippen LogP contribution in [0.15, 0.2) is 42.7 Å². The Labute approximate surface area is 200 Å². The highest BCUT2D eigenvalue weighted by Crippen LogP contribution is 2.33. The van der Waals surface area contributed by atoms with Crippen LogP contribution in [0.1, 0.15) is 35.3 Å². The van der Waals surface area contributed by atoms with Crippen LogP contribution in [0.25, 0.3) is 11.3 Å². The van der Waals surface area contributed by atoms with E-state index in [0.717, 1.165) is 56.6 Å². The monoisotopic (exact) mass is 489 g/mol. The molecule has 0 bridgehead atoms. The summed E-state index contributed by atoms with van der Waals surface area (Å²) in [6.07, 6.45) is 1.98. The Bertz CT molecular complexity index is 1120. The number of hydrogen-bond donors (Lipinski definition) is 0. The molecule has 1 saturated heterocycles. The number of carbonyl (C=O) groups excluding carboxylic acids is 1. The van der Waals surface area contributed by atoms with Crippen LogP contribution in [0.3, 0.4) is 0 Å². The van der Waals surface area contributed by atoms with Crippen molar-refractivity contribution in [2.24, 2.45) is 0 Å². The zero-order valence-electron chi connectivity index (χ0n) is 19.2. The number of likely N-dealkylation sites (N-methyl/N-ethyl adjacent to an activating group) is 1. The molecule has 1 atom stereocenters. The number of fused-ring (bicyclic) bond motifs is 1. The third-order valence-corrected chi connectivity index (χ3v) is 5.88. The van der Waals surface area contributed by atoms with Crippen molar-refractivity contribution < 1.29 is 27.4 Å². The quantitative estimate of drug-likeness (QED) is 0.499. The second-order valence-electron chi connectivity index (χ2n) is 8.29. The first-order valence-corrected chi connectivity index (χ1v) is 11.3. The van der Waals surface area contributed by atoms with E-state index >= 15 is 0 Å². The molecule has 1 unspecified atom stereocenters. The lowest BCUT2D eigenvalue weighted by atomic mass is 10.1. The minimum absolute atomic E-state index is 0.239. The van der Waals surface area contributed by atoms with Crippen LogP contribution in [0.2, 0.25) is 0 Å². The summed E-state index contributed by atoms with van der Waals surface area (Å²) in [5.41, 5.74) is 1.05. The Hall–Kier alpha value is -3.47. The molecule has 0 radical (unpaired) electrons. The molecule has 0 aliphatic carbocycles. The molecule has 8 nitrogen and oxygen atoms in total. The van der Waals surface area contributed by atoms with Crippen LogP contribution in [-0.2, 0) is 12.7 Å². The van der Waals surface area contributed by atoms with Crippen molar-refractivity contribution in [3.63, 3.8) is 0 Å². The standard InChI is InChI=1S/C12H15F3N2O.C12H11N3O2/c1-17-6-2-3-10(17)8-18-11-5-4-9(7-16-11)12(13,14)15;16-8-10-11(9-4-1-2-5-13-9)12-15(14-10)6-3-7-17-12/h4-5,7,10H,2-3,6,8H2,1H3;1-2,4-5,8H,3,6-7H2. The molecule has 2 aliphatic heterocycles. The third-order valence-electron chi connectivity index (χ3n) is 5.88. The number of likely N-dealkylation sites (tertiary alicyclic amines) is 1. The van der Waals surface area contributed by atoms with Crippen molar-refractivity contribution in [2.75, 3.05) is 26.8 Å². The summed E-state index contributed by atoms with van der Waals surface area (Å²) >= 11 is 0. The zero-order chi connectivity index (χ0) is 24.8. The number of aromatic nitrogens is 4. The lowest BCUT2D eigenvalue weighted by molar-refractivity contribution is -0.137. The molecule has 5 heterocycles. The van der Waals surface area contributed by atoms with Crippen molar-refractivity contribution in [1.82, 2.24) is 24.6 Å². The number of alkyl halides is 3. The number of carbonyl (C=O) groups is 1. The van der Waals surface area contributed by atoms with Crippen molar-refractivity contribution in [3.8, 4) is 23.0 Å². The lowest BCUT2D eigenvalue weighted by Gasteiger charge is -2.19. The van der Waals surface area contributed by atoms with Gasteiger partial charge >= 0.3 is 6.18 Å². The normalized spacial score (nSPS) is 17.7. The smallest absolute Gasteiger partial charge is 0.417 e. The molecule has 0 saturated carbocycles. The maximum atomic E-state index is 12.3. The molecule has 0 spiro atoms. The summed E-state index contributed by atoms with van der Waals surface area (Å²) in [4.78, 5) is 21.2. The highest BCUT2D eigenvalue weighted by molar-refractivity contribution is 5.86. The van der Waals surface area contributed by atoms with Crippen LogP contribution in [-0.4, -0.2) is 63.8 Å². The number of aldehydes is 1. The minimum atomic E-state index is -4.35. The van der Waals surface area contributed by atoms with Gasteiger partial charge in [0.1, 0.15) is 12.3 Å². The molecule has 0 N–H and O–H groups in total. The van der Waals surface area contributed by atoms with E-state index in [-0.39, 0.29) is 5.88 Å². The maximum Gasteiger partial charge on any atom is 0.417 e. The number of nitrogens with zero attached hydrogens (tertiary/aromatic N) is 5. The summed E-state index contributed by atoms with van der Waals surface area (Å²) in [7, 11) is 2.02. The molecule has 0 aromatic carbocycles. The van der Waals surface area contributed by atoms with E-state index in [0.29, 0.717) is 36.4 Å². The van der Waals surface area contributed by atoms with Crippen LogP contribution < -0.4 is 9.47 Å². The second kappa shape index (κ2) is 10.9. The fourth-order valence-corrected chi connectivity index (χ4v) is 3.98. The zero-order valence-corrected chi connectivity index (χ0v) is 19.2. The fourth-order valence-electron chi connectivity index (χ4n) is 3.98. The number of hydrogen-bond acceptors (Lipinski definition) is 7. The molecule has 11 heteroatoms. The highest BCUT2D eigenvalue weighted by Gasteiger charge is 2.31. The van der Waals surface area contributed by atoms with Crippen molar-refractivity contribution >= 4 is 6.29 Å². The minimum Gasteiger partial charge on any atom is -0.477 e. The molecule has 1 fully saturated rings. The predicted molar refractivity (Wildman–Crippen MR) is 121 cm³/mol. The SMILES string of the molecule is CN1CCCC1COc1ccc(C(F)(F)F)cn1.O=Cc1nn2c(c1-c1ccccn1)OCCC2. The Morgan fingerprint density at radius 1 is 1.17 bits per heavy atom. The number of ether oxygens (including phenoxy) is 2. The van der Waals surface area contributed by atoms with E-state index in [1.54, 1.807) is 10.9 Å². The average Bonchev–Trinajstić information content (AvgIpc) is 3.46. The lowest BCUT2D eigenvalue weighted by Crippen LogP contribution is -2.30. The van der Waals surface area contributed by atoms with Gasteiger partial charge in [-0.3, -0.25) is 9.78 Å². The summed E-state index contributed by atoms with van der Waals surface area (Å²) in [6, 6.07) is 8.14. The summed E-state index contributed by atoms with van der Waals surface area (Å²) in [6.45, 7) is 2.94. The van der Waals surface area contributed by atoms with Gasteiger partial charge in [0.2, 0.25) is 11.8 Å². The summed E-state index contributed by atoms with van der Waals surface area (Å²) < 4.78 is 49.7. The molecular weight excluding hydrogens is 463 g/mol. The van der Waals surface area contributed by atoms with Crippen LogP contribution in [0.4, 0.5) is 13.2 Å². The van der Waals surface area contributed by atoms with Gasteiger partial charge in [-0.15, -0.1) is 0 Å². The van der Waals surface area contributed by atoms with E-state index < -0.39 is 11.7 Å². The van der Waals surface area contributed by atoms with Crippen LogP contribution >= 0.6 is 0 Å². The molecule has 186 valence electrons. The molecule has 0 amide bonds. The Morgan fingerprint density at radius 3 is 2.66 bits per heavy atom. The van der Waals surface area contributed by atoms with Gasteiger partial charge in [0.25, 0.3) is 0 Å². The van der Waals surface area contributed by atoms with Crippen LogP contribution in [0, 0.1) is 0 Å². The first-order valence-electron chi connectivity index (χ1n) is 11.3. The first kappa shape index (κ1) is 24.6. The van der Waals surface area contributed by atoms with Crippen molar-refractivity contribution in [1.29, 1.82) is 0 Å². The van der Waals surface area contributed by atoms with Gasteiger partial charge in [-0.25, -0.2) is 9.67 Å². The van der Waals surface area contributed by atoms with Gasteiger partial charge < -0.3 is 14.4 Å². The third kappa shape index (κ3) is 5.97. The van der Waals surface area contributed by atoms with Crippen molar-refractivity contribution in [3.05, 3.63) is 54.0 Å². The van der Waals surface area contributed by atoms with Gasteiger partial charge in [0, 0.05) is 37.5 Å². The number of halogens is 3. The molecule has 3 aromatic heterocycles. The predicted octanol–water partition coefficient (Wildman–Crippen LogP) is 4.11. The average molecular weight is 489 g/mol. The largest absolute Gasteiger partial charge is 0.477 e. The Balaban J connectivity index is 0.000000165. The van der Waals surface area contributed by atoms with E-state index in [1.807, 2.05) is 25.2 Å². The highest BCUT2D eigenvalue weighted by atomic mass is 19.4. The van der Waals surface area contributed by atoms with Gasteiger partial charge in [0.15, 0.2) is 6.29 Å². The molecule has 3 aromatic rings. The molecular formula is C24H26F3N5O3. The van der Waals surface area contributed by atoms with E-state index in [4.69, 9.17) is 9.47 Å². The summed E-state index contributed by atoms with van der Waals surface area (Å²) in [5, 5.41) is 4.23. The Kier molecular flexibility index (Phi) is 7.64. The van der Waals surface area contributed by atoms with Gasteiger partial charge in [-0.05, 0) is 44.6 Å². The van der Waals surface area contributed by atoms with E-state index in [1.165, 1.54) is 6.07 Å². The summed E-state index contributed by atoms with van der Waals surface area (Å²) in [5.74, 6) is 0.889. The first-order chi connectivity index (χ1) is 16.9. The number of rotatable bonds is 5. The molecule has 2 aliphatic rings. The van der Waals surface area contributed by atoms with E-state index in [9.17, 15) is 18.0 Å². The maximum absolute atomic E-state index is 12.3. The number of pyridine rings is 2. The number of aryl methyl sites for hydroxylation is 1. The topological polar surface area (TPSA) is 82.4 Å². The second-order valence-corrected chi connectivity index (χ2v) is 8.29. The van der Waals surface area contributed by atoms with Crippen molar-refractivity contribution in [2.45, 2.75) is 38.0 Å². The van der Waals surface area contributed by atoms with Gasteiger partial charge in [-0.1, -0.05) is 6.07 Å². The Morgan fingerprint density at radius 2 is 2.03 bits per heavy atom.